The van der Waals surface area contributed by atoms with Crippen LogP contribution in [0.3, 0.4) is 0 Å². The fourth-order valence-corrected chi connectivity index (χ4v) is 6.89. The maximum absolute atomic E-state index is 7.34. The van der Waals surface area contributed by atoms with E-state index >= 15 is 0 Å². The van der Waals surface area contributed by atoms with Gasteiger partial charge < -0.3 is 0 Å². The molecule has 0 radical (unpaired) electrons. The van der Waals surface area contributed by atoms with Gasteiger partial charge in [0.15, 0.2) is 11.5 Å². The summed E-state index contributed by atoms with van der Waals surface area (Å²) in [6, 6.07) is 63.0. The number of rotatable bonds is 6. The highest BCUT2D eigenvalue weighted by Crippen LogP contribution is 2.38. The average molecular weight is 651 g/mol. The van der Waals surface area contributed by atoms with Crippen LogP contribution in [-0.2, 0) is 0 Å². The summed E-state index contributed by atoms with van der Waals surface area (Å²) < 4.78 is 2.28. The van der Waals surface area contributed by atoms with E-state index in [2.05, 4.69) is 149 Å². The Labute approximate surface area is 296 Å². The molecule has 0 saturated carbocycles. The van der Waals surface area contributed by atoms with Gasteiger partial charge in [0.1, 0.15) is 5.82 Å². The molecule has 0 aliphatic carbocycles. The first-order valence-electron chi connectivity index (χ1n) is 16.9. The Kier molecular flexibility index (Phi) is 7.50. The molecular weight excluding hydrogens is 621 g/mol. The fraction of sp³-hybridized carbons (Fsp3) is 0. The van der Waals surface area contributed by atoms with Gasteiger partial charge in [0.05, 0.1) is 23.3 Å². The van der Waals surface area contributed by atoms with E-state index in [-0.39, 0.29) is 0 Å². The third kappa shape index (κ3) is 5.63. The Morgan fingerprint density at radius 1 is 0.392 bits per heavy atom. The van der Waals surface area contributed by atoms with Crippen molar-refractivity contribution >= 4 is 27.5 Å². The molecule has 0 aliphatic heterocycles. The number of aromatic nitrogens is 3. The van der Waals surface area contributed by atoms with Gasteiger partial charge in [0.2, 0.25) is 0 Å². The van der Waals surface area contributed by atoms with E-state index in [4.69, 9.17) is 16.5 Å². The van der Waals surface area contributed by atoms with Gasteiger partial charge in [-0.3, -0.25) is 4.57 Å². The topological polar surface area (TPSA) is 35.1 Å². The zero-order valence-electron chi connectivity index (χ0n) is 27.6. The summed E-state index contributed by atoms with van der Waals surface area (Å²) >= 11 is 0. The van der Waals surface area contributed by atoms with Crippen molar-refractivity contribution in [3.8, 4) is 61.8 Å². The predicted molar refractivity (Wildman–Crippen MR) is 210 cm³/mol. The smallest absolute Gasteiger partial charge is 0.187 e. The largest absolute Gasteiger partial charge is 0.294 e. The molecule has 0 fully saturated rings. The summed E-state index contributed by atoms with van der Waals surface area (Å²) in [5, 5.41) is 2.32. The van der Waals surface area contributed by atoms with Crippen molar-refractivity contribution in [2.24, 2.45) is 0 Å². The van der Waals surface area contributed by atoms with Crippen LogP contribution in [0.4, 0.5) is 5.69 Å². The average Bonchev–Trinajstić information content (AvgIpc) is 3.55. The predicted octanol–water partition coefficient (Wildman–Crippen LogP) is 12.5. The Hall–Kier alpha value is -7.09. The van der Waals surface area contributed by atoms with Gasteiger partial charge in [-0.25, -0.2) is 14.8 Å². The highest BCUT2D eigenvalue weighted by atomic mass is 15.1. The van der Waals surface area contributed by atoms with Gasteiger partial charge in [-0.15, -0.1) is 0 Å². The molecule has 9 aromatic rings. The van der Waals surface area contributed by atoms with Crippen molar-refractivity contribution in [3.05, 3.63) is 193 Å². The van der Waals surface area contributed by atoms with Gasteiger partial charge in [0, 0.05) is 28.0 Å². The first-order valence-corrected chi connectivity index (χ1v) is 16.9. The van der Waals surface area contributed by atoms with Gasteiger partial charge in [-0.2, -0.15) is 0 Å². The molecule has 0 amide bonds. The molecule has 9 rings (SSSR count). The molecule has 2 heterocycles. The molecule has 4 heteroatoms. The van der Waals surface area contributed by atoms with E-state index in [0.29, 0.717) is 11.5 Å². The summed E-state index contributed by atoms with van der Waals surface area (Å²) in [5.41, 5.74) is 12.3. The van der Waals surface area contributed by atoms with Crippen LogP contribution < -0.4 is 0 Å². The van der Waals surface area contributed by atoms with Crippen LogP contribution >= 0.6 is 0 Å². The van der Waals surface area contributed by atoms with Crippen molar-refractivity contribution in [3.63, 3.8) is 0 Å². The van der Waals surface area contributed by atoms with Crippen molar-refractivity contribution in [2.45, 2.75) is 0 Å². The third-order valence-corrected chi connectivity index (χ3v) is 9.44. The van der Waals surface area contributed by atoms with Crippen LogP contribution in [0.1, 0.15) is 0 Å². The fourth-order valence-electron chi connectivity index (χ4n) is 6.89. The molecule has 0 bridgehead atoms. The monoisotopic (exact) mass is 650 g/mol. The summed E-state index contributed by atoms with van der Waals surface area (Å²) in [7, 11) is 0. The number of hydrogen-bond acceptors (Lipinski definition) is 2. The Morgan fingerprint density at radius 3 is 1.43 bits per heavy atom. The second-order valence-corrected chi connectivity index (χ2v) is 12.6. The minimum atomic E-state index is 0.626. The molecule has 2 aromatic heterocycles. The minimum Gasteiger partial charge on any atom is -0.294 e. The number of nitrogens with zero attached hydrogens (tertiary/aromatic N) is 4. The quantitative estimate of drug-likeness (QED) is 0.168. The lowest BCUT2D eigenvalue weighted by atomic mass is 10.0. The third-order valence-electron chi connectivity index (χ3n) is 9.44. The van der Waals surface area contributed by atoms with Crippen LogP contribution in [0.25, 0.3) is 88.5 Å². The second-order valence-electron chi connectivity index (χ2n) is 12.6. The standard InChI is InChI=1S/C47H30N4/c1-48-40-24-20-34(21-25-40)36-18-11-19-39(28-36)43-31-46(50-47(49-43)35-16-9-4-10-17-35)51-44-26-22-37(32-12-5-2-6-13-32)29-41(44)42-30-38(23-27-45(42)51)33-14-7-3-8-15-33/h2-31H. The van der Waals surface area contributed by atoms with E-state index in [9.17, 15) is 0 Å². The Morgan fingerprint density at radius 2 is 0.863 bits per heavy atom. The summed E-state index contributed by atoms with van der Waals surface area (Å²) in [6.07, 6.45) is 0. The molecular formula is C47H30N4. The van der Waals surface area contributed by atoms with Crippen LogP contribution in [0.5, 0.6) is 0 Å². The van der Waals surface area contributed by atoms with Crippen molar-refractivity contribution in [1.29, 1.82) is 0 Å². The molecule has 0 unspecified atom stereocenters. The maximum atomic E-state index is 7.34. The van der Waals surface area contributed by atoms with E-state index in [1.54, 1.807) is 0 Å². The summed E-state index contributed by atoms with van der Waals surface area (Å²) in [5.74, 6) is 1.46. The normalized spacial score (nSPS) is 11.1. The van der Waals surface area contributed by atoms with Crippen LogP contribution in [0.15, 0.2) is 182 Å². The number of hydrogen-bond donors (Lipinski definition) is 0. The van der Waals surface area contributed by atoms with E-state index in [0.717, 1.165) is 55.6 Å². The molecule has 0 N–H and O–H groups in total. The lowest BCUT2D eigenvalue weighted by Crippen LogP contribution is -2.02. The SMILES string of the molecule is [C-]#[N+]c1ccc(-c2cccc(-c3cc(-n4c5ccc(-c6ccccc6)cc5c5cc(-c6ccccc6)ccc54)nc(-c4ccccc4)n3)c2)cc1. The molecule has 7 aromatic carbocycles. The zero-order chi connectivity index (χ0) is 34.1. The zero-order valence-corrected chi connectivity index (χ0v) is 27.6. The molecule has 0 atom stereocenters. The maximum Gasteiger partial charge on any atom is 0.187 e. The molecule has 51 heavy (non-hydrogen) atoms. The summed E-state index contributed by atoms with van der Waals surface area (Å²) in [6.45, 7) is 7.34. The second kappa shape index (κ2) is 12.7. The summed E-state index contributed by atoms with van der Waals surface area (Å²) in [4.78, 5) is 14.0. The first kappa shape index (κ1) is 30.0. The Balaban J connectivity index is 1.28. The highest BCUT2D eigenvalue weighted by Gasteiger charge is 2.18. The van der Waals surface area contributed by atoms with Crippen molar-refractivity contribution in [1.82, 2.24) is 14.5 Å². The first-order chi connectivity index (χ1) is 25.2. The highest BCUT2D eigenvalue weighted by molar-refractivity contribution is 6.11. The van der Waals surface area contributed by atoms with Crippen LogP contribution in [0.2, 0.25) is 0 Å². The molecule has 238 valence electrons. The lowest BCUT2D eigenvalue weighted by molar-refractivity contribution is 1.05. The van der Waals surface area contributed by atoms with Crippen molar-refractivity contribution < 1.29 is 0 Å². The van der Waals surface area contributed by atoms with Crippen LogP contribution in [-0.4, -0.2) is 14.5 Å². The van der Waals surface area contributed by atoms with E-state index in [1.165, 1.54) is 22.3 Å². The molecule has 0 saturated heterocycles. The number of fused-ring (bicyclic) bond motifs is 3. The van der Waals surface area contributed by atoms with Gasteiger partial charge in [-0.05, 0) is 63.7 Å². The minimum absolute atomic E-state index is 0.626. The van der Waals surface area contributed by atoms with Crippen molar-refractivity contribution in [2.75, 3.05) is 0 Å². The van der Waals surface area contributed by atoms with Gasteiger partial charge >= 0.3 is 0 Å². The van der Waals surface area contributed by atoms with Gasteiger partial charge in [-0.1, -0.05) is 146 Å². The Bertz CT molecular complexity index is 2630. The van der Waals surface area contributed by atoms with E-state index in [1.807, 2.05) is 42.5 Å². The molecule has 0 spiro atoms. The lowest BCUT2D eigenvalue weighted by Gasteiger charge is -2.13. The molecule has 0 aliphatic rings. The van der Waals surface area contributed by atoms with E-state index < -0.39 is 0 Å². The molecule has 4 nitrogen and oxygen atoms in total. The number of benzene rings is 7. The van der Waals surface area contributed by atoms with Crippen LogP contribution in [0, 0.1) is 6.57 Å². The van der Waals surface area contributed by atoms with Gasteiger partial charge in [0.25, 0.3) is 0 Å².